The highest BCUT2D eigenvalue weighted by Crippen LogP contribution is 2.20. The van der Waals surface area contributed by atoms with Crippen molar-refractivity contribution in [3.05, 3.63) is 54.1 Å². The van der Waals surface area contributed by atoms with Crippen LogP contribution >= 0.6 is 0 Å². The van der Waals surface area contributed by atoms with Gasteiger partial charge in [-0.15, -0.1) is 0 Å². The van der Waals surface area contributed by atoms with Crippen molar-refractivity contribution in [3.8, 4) is 11.5 Å². The molecule has 0 radical (unpaired) electrons. The minimum Gasteiger partial charge on any atom is -0.493 e. The summed E-state index contributed by atoms with van der Waals surface area (Å²) in [6.07, 6.45) is 2.49. The maximum absolute atomic E-state index is 5.81. The van der Waals surface area contributed by atoms with Gasteiger partial charge in [-0.05, 0) is 48.6 Å². The van der Waals surface area contributed by atoms with Gasteiger partial charge in [0.1, 0.15) is 18.1 Å². The van der Waals surface area contributed by atoms with Gasteiger partial charge < -0.3 is 19.5 Å². The van der Waals surface area contributed by atoms with Crippen LogP contribution in [-0.2, 0) is 11.3 Å². The van der Waals surface area contributed by atoms with E-state index >= 15 is 0 Å². The van der Waals surface area contributed by atoms with Crippen LogP contribution in [0.3, 0.4) is 0 Å². The molecule has 0 amide bonds. The summed E-state index contributed by atoms with van der Waals surface area (Å²) in [6.45, 7) is 7.30. The Hall–Kier alpha value is -2.20. The van der Waals surface area contributed by atoms with E-state index in [1.165, 1.54) is 5.56 Å². The molecule has 0 bridgehead atoms. The van der Waals surface area contributed by atoms with E-state index in [0.717, 1.165) is 49.8 Å². The second-order valence-electron chi connectivity index (χ2n) is 7.18. The van der Waals surface area contributed by atoms with Crippen molar-refractivity contribution in [1.29, 1.82) is 0 Å². The first kappa shape index (κ1) is 18.6. The van der Waals surface area contributed by atoms with Crippen molar-refractivity contribution in [2.75, 3.05) is 25.1 Å². The van der Waals surface area contributed by atoms with Crippen LogP contribution in [0.1, 0.15) is 32.3 Å². The van der Waals surface area contributed by atoms with Crippen molar-refractivity contribution >= 4 is 5.69 Å². The summed E-state index contributed by atoms with van der Waals surface area (Å²) in [7, 11) is 0. The standard InChI is InChI=1S/C22H29NO3/c1-17(2)15-25-21-6-3-5-19(13-21)23-14-18-8-10-20(11-9-18)26-16-22-7-4-12-24-22/h3,5-6,8-11,13,17,22-23H,4,7,12,14-16H2,1-2H3. The third kappa shape index (κ3) is 5.95. The summed E-state index contributed by atoms with van der Waals surface area (Å²) < 4.78 is 17.2. The van der Waals surface area contributed by atoms with Gasteiger partial charge in [0.25, 0.3) is 0 Å². The lowest BCUT2D eigenvalue weighted by Gasteiger charge is -2.13. The van der Waals surface area contributed by atoms with Gasteiger partial charge in [0, 0.05) is 24.9 Å². The Labute approximate surface area is 156 Å². The number of rotatable bonds is 9. The fraction of sp³-hybridized carbons (Fsp3) is 0.455. The largest absolute Gasteiger partial charge is 0.493 e. The lowest BCUT2D eigenvalue weighted by Crippen LogP contribution is -2.16. The molecule has 1 N–H and O–H groups in total. The lowest BCUT2D eigenvalue weighted by molar-refractivity contribution is 0.0679. The molecule has 0 spiro atoms. The predicted molar refractivity (Wildman–Crippen MR) is 105 cm³/mol. The SMILES string of the molecule is CC(C)COc1cccc(NCc2ccc(OCC3CCCO3)cc2)c1. The molecule has 1 heterocycles. The first-order chi connectivity index (χ1) is 12.7. The van der Waals surface area contributed by atoms with Gasteiger partial charge in [-0.3, -0.25) is 0 Å². The number of ether oxygens (including phenoxy) is 3. The third-order valence-electron chi connectivity index (χ3n) is 4.30. The minimum absolute atomic E-state index is 0.251. The van der Waals surface area contributed by atoms with E-state index in [4.69, 9.17) is 14.2 Å². The maximum Gasteiger partial charge on any atom is 0.121 e. The van der Waals surface area contributed by atoms with Gasteiger partial charge in [0.2, 0.25) is 0 Å². The molecule has 1 atom stereocenters. The quantitative estimate of drug-likeness (QED) is 0.695. The van der Waals surface area contributed by atoms with Gasteiger partial charge in [-0.2, -0.15) is 0 Å². The van der Waals surface area contributed by atoms with Gasteiger partial charge >= 0.3 is 0 Å². The van der Waals surface area contributed by atoms with E-state index in [9.17, 15) is 0 Å². The molecule has 2 aromatic rings. The number of benzene rings is 2. The van der Waals surface area contributed by atoms with Crippen LogP contribution in [0.2, 0.25) is 0 Å². The maximum atomic E-state index is 5.81. The smallest absolute Gasteiger partial charge is 0.121 e. The van der Waals surface area contributed by atoms with Gasteiger partial charge in [0.15, 0.2) is 0 Å². The molecule has 1 unspecified atom stereocenters. The summed E-state index contributed by atoms with van der Waals surface area (Å²) in [5.74, 6) is 2.32. The van der Waals surface area contributed by atoms with E-state index < -0.39 is 0 Å². The van der Waals surface area contributed by atoms with E-state index in [2.05, 4.69) is 37.4 Å². The second kappa shape index (κ2) is 9.48. The zero-order valence-corrected chi connectivity index (χ0v) is 15.7. The molecule has 0 saturated carbocycles. The van der Waals surface area contributed by atoms with E-state index in [-0.39, 0.29) is 6.10 Å². The molecule has 26 heavy (non-hydrogen) atoms. The minimum atomic E-state index is 0.251. The van der Waals surface area contributed by atoms with Crippen LogP contribution in [0, 0.1) is 5.92 Å². The van der Waals surface area contributed by atoms with E-state index in [1.807, 2.05) is 30.3 Å². The number of hydrogen-bond acceptors (Lipinski definition) is 4. The molecule has 140 valence electrons. The third-order valence-corrected chi connectivity index (χ3v) is 4.30. The van der Waals surface area contributed by atoms with Crippen molar-refractivity contribution in [2.45, 2.75) is 39.3 Å². The van der Waals surface area contributed by atoms with Gasteiger partial charge in [-0.1, -0.05) is 32.0 Å². The highest BCUT2D eigenvalue weighted by atomic mass is 16.5. The summed E-state index contributed by atoms with van der Waals surface area (Å²) in [4.78, 5) is 0. The van der Waals surface area contributed by atoms with Crippen molar-refractivity contribution in [1.82, 2.24) is 0 Å². The Morgan fingerprint density at radius 1 is 1.08 bits per heavy atom. The zero-order chi connectivity index (χ0) is 18.2. The summed E-state index contributed by atoms with van der Waals surface area (Å²) in [5.41, 5.74) is 2.27. The van der Waals surface area contributed by atoms with Gasteiger partial charge in [-0.25, -0.2) is 0 Å². The van der Waals surface area contributed by atoms with Crippen LogP contribution in [0.5, 0.6) is 11.5 Å². The normalized spacial score (nSPS) is 16.7. The molecule has 1 saturated heterocycles. The summed E-state index contributed by atoms with van der Waals surface area (Å²) in [6, 6.07) is 16.3. The van der Waals surface area contributed by atoms with E-state index in [1.54, 1.807) is 0 Å². The average Bonchev–Trinajstić information content (AvgIpc) is 3.18. The van der Waals surface area contributed by atoms with Crippen molar-refractivity contribution < 1.29 is 14.2 Å². The van der Waals surface area contributed by atoms with Crippen LogP contribution in [0.4, 0.5) is 5.69 Å². The molecule has 3 rings (SSSR count). The Balaban J connectivity index is 1.46. The fourth-order valence-electron chi connectivity index (χ4n) is 2.83. The van der Waals surface area contributed by atoms with Crippen LogP contribution in [-0.4, -0.2) is 25.9 Å². The van der Waals surface area contributed by atoms with Crippen LogP contribution in [0.15, 0.2) is 48.5 Å². The molecule has 0 aromatic heterocycles. The second-order valence-corrected chi connectivity index (χ2v) is 7.18. The molecule has 4 heteroatoms. The van der Waals surface area contributed by atoms with Crippen LogP contribution in [0.25, 0.3) is 0 Å². The predicted octanol–water partition coefficient (Wildman–Crippen LogP) is 4.89. The monoisotopic (exact) mass is 355 g/mol. The number of nitrogens with one attached hydrogen (secondary N) is 1. The van der Waals surface area contributed by atoms with E-state index in [0.29, 0.717) is 12.5 Å². The van der Waals surface area contributed by atoms with Crippen molar-refractivity contribution in [3.63, 3.8) is 0 Å². The fourth-order valence-corrected chi connectivity index (χ4v) is 2.83. The highest BCUT2D eigenvalue weighted by molar-refractivity contribution is 5.48. The molecule has 1 aliphatic rings. The number of anilines is 1. The highest BCUT2D eigenvalue weighted by Gasteiger charge is 2.15. The topological polar surface area (TPSA) is 39.7 Å². The Morgan fingerprint density at radius 3 is 2.65 bits per heavy atom. The first-order valence-electron chi connectivity index (χ1n) is 9.49. The summed E-state index contributed by atoms with van der Waals surface area (Å²) >= 11 is 0. The Morgan fingerprint density at radius 2 is 1.92 bits per heavy atom. The molecule has 2 aromatic carbocycles. The van der Waals surface area contributed by atoms with Crippen molar-refractivity contribution in [2.24, 2.45) is 5.92 Å². The molecule has 4 nitrogen and oxygen atoms in total. The average molecular weight is 355 g/mol. The number of hydrogen-bond donors (Lipinski definition) is 1. The molecule has 1 aliphatic heterocycles. The first-order valence-corrected chi connectivity index (χ1v) is 9.49. The zero-order valence-electron chi connectivity index (χ0n) is 15.7. The Kier molecular flexibility index (Phi) is 6.78. The Bertz CT molecular complexity index is 663. The molecule has 0 aliphatic carbocycles. The molecule has 1 fully saturated rings. The summed E-state index contributed by atoms with van der Waals surface area (Å²) in [5, 5.41) is 3.44. The molecular formula is C22H29NO3. The van der Waals surface area contributed by atoms with Gasteiger partial charge in [0.05, 0.1) is 12.7 Å². The molecular weight excluding hydrogens is 326 g/mol. The lowest BCUT2D eigenvalue weighted by atomic mass is 10.2. The van der Waals surface area contributed by atoms with Crippen LogP contribution < -0.4 is 14.8 Å².